The van der Waals surface area contributed by atoms with Crippen LogP contribution >= 0.6 is 23.2 Å². The monoisotopic (exact) mass is 350 g/mol. The number of nitrogens with zero attached hydrogens (tertiary/aromatic N) is 5. The largest absolute Gasteiger partial charge is 0.368 e. The predicted octanol–water partition coefficient (Wildman–Crippen LogP) is 2.72. The van der Waals surface area contributed by atoms with Crippen LogP contribution in [0, 0.1) is 20.8 Å². The van der Waals surface area contributed by atoms with Gasteiger partial charge in [-0.05, 0) is 31.9 Å². The topological polar surface area (TPSA) is 99.6 Å². The first-order chi connectivity index (χ1) is 10.8. The third kappa shape index (κ3) is 2.42. The number of carbonyl (C=O) groups excluding carboxylic acids is 1. The summed E-state index contributed by atoms with van der Waals surface area (Å²) in [5, 5.41) is 5.32. The van der Waals surface area contributed by atoms with Gasteiger partial charge >= 0.3 is 0 Å². The SMILES string of the molecule is Cc1cnc(C(=O)n2nc(C)c3c(Cl)nc(N)nc32)c(C)c1Cl. The third-order valence-corrected chi connectivity index (χ3v) is 4.34. The minimum atomic E-state index is -0.461. The smallest absolute Gasteiger partial charge is 0.299 e. The normalized spacial score (nSPS) is 11.2. The van der Waals surface area contributed by atoms with Gasteiger partial charge in [-0.15, -0.1) is 0 Å². The van der Waals surface area contributed by atoms with Crippen LogP contribution < -0.4 is 5.73 Å². The van der Waals surface area contributed by atoms with Crippen LogP contribution in [0.25, 0.3) is 11.0 Å². The summed E-state index contributed by atoms with van der Waals surface area (Å²) in [6.45, 7) is 5.25. The van der Waals surface area contributed by atoms with Crippen LogP contribution in [0.3, 0.4) is 0 Å². The highest BCUT2D eigenvalue weighted by molar-refractivity contribution is 6.34. The summed E-state index contributed by atoms with van der Waals surface area (Å²) >= 11 is 12.3. The Labute approximate surface area is 141 Å². The Morgan fingerprint density at radius 3 is 2.61 bits per heavy atom. The molecule has 2 N–H and O–H groups in total. The first-order valence-corrected chi connectivity index (χ1v) is 7.41. The average molecular weight is 351 g/mol. The maximum absolute atomic E-state index is 12.8. The molecule has 7 nitrogen and oxygen atoms in total. The molecular formula is C14H12Cl2N6O. The summed E-state index contributed by atoms with van der Waals surface area (Å²) < 4.78 is 1.12. The molecule has 9 heteroatoms. The van der Waals surface area contributed by atoms with Gasteiger partial charge in [0, 0.05) is 6.20 Å². The Hall–Kier alpha value is -2.25. The second-order valence-corrected chi connectivity index (χ2v) is 5.84. The van der Waals surface area contributed by atoms with E-state index in [1.165, 1.54) is 6.20 Å². The first-order valence-electron chi connectivity index (χ1n) is 6.66. The second kappa shape index (κ2) is 5.43. The van der Waals surface area contributed by atoms with Gasteiger partial charge in [-0.25, -0.2) is 4.98 Å². The first kappa shape index (κ1) is 15.6. The molecule has 0 bridgehead atoms. The van der Waals surface area contributed by atoms with Gasteiger partial charge in [0.05, 0.1) is 16.1 Å². The molecule has 23 heavy (non-hydrogen) atoms. The van der Waals surface area contributed by atoms with Crippen LogP contribution in [0.1, 0.15) is 27.3 Å². The number of anilines is 1. The number of nitrogens with two attached hydrogens (primary N) is 1. The van der Waals surface area contributed by atoms with Gasteiger partial charge in [0.25, 0.3) is 5.91 Å². The Kier molecular flexibility index (Phi) is 3.69. The number of nitrogen functional groups attached to an aromatic ring is 1. The number of rotatable bonds is 1. The standard InChI is InChI=1S/C14H12Cl2N6O/c1-5-4-18-10(6(2)9(5)15)13(23)22-12-8(7(3)21-22)11(16)19-14(17)20-12/h4H,1-3H3,(H2,17,19,20). The lowest BCUT2D eigenvalue weighted by Gasteiger charge is -2.08. The van der Waals surface area contributed by atoms with Crippen molar-refractivity contribution in [2.45, 2.75) is 20.8 Å². The molecule has 0 saturated heterocycles. The minimum absolute atomic E-state index is 0.0388. The van der Waals surface area contributed by atoms with E-state index in [1.54, 1.807) is 13.8 Å². The van der Waals surface area contributed by atoms with Gasteiger partial charge in [-0.1, -0.05) is 23.2 Å². The van der Waals surface area contributed by atoms with Crippen molar-refractivity contribution in [1.29, 1.82) is 0 Å². The van der Waals surface area contributed by atoms with Gasteiger partial charge < -0.3 is 5.73 Å². The molecule has 0 spiro atoms. The van der Waals surface area contributed by atoms with Crippen molar-refractivity contribution in [3.8, 4) is 0 Å². The van der Waals surface area contributed by atoms with E-state index >= 15 is 0 Å². The predicted molar refractivity (Wildman–Crippen MR) is 87.9 cm³/mol. The fraction of sp³-hybridized carbons (Fsp3) is 0.214. The van der Waals surface area contributed by atoms with E-state index in [2.05, 4.69) is 20.1 Å². The van der Waals surface area contributed by atoms with Crippen molar-refractivity contribution in [2.75, 3.05) is 5.73 Å². The fourth-order valence-corrected chi connectivity index (χ4v) is 2.77. The van der Waals surface area contributed by atoms with Crippen LogP contribution in [-0.4, -0.2) is 30.6 Å². The molecule has 0 aliphatic heterocycles. The molecule has 0 aromatic carbocycles. The Morgan fingerprint density at radius 2 is 1.91 bits per heavy atom. The number of halogens is 2. The van der Waals surface area contributed by atoms with Gasteiger partial charge in [0.15, 0.2) is 5.65 Å². The van der Waals surface area contributed by atoms with Crippen molar-refractivity contribution in [1.82, 2.24) is 24.7 Å². The van der Waals surface area contributed by atoms with Crippen molar-refractivity contribution < 1.29 is 4.79 Å². The molecule has 3 aromatic heterocycles. The number of aryl methyl sites for hydroxylation is 2. The Balaban J connectivity index is 2.25. The molecule has 0 saturated carbocycles. The molecule has 0 amide bonds. The molecule has 3 rings (SSSR count). The van der Waals surface area contributed by atoms with E-state index in [1.807, 2.05) is 6.92 Å². The van der Waals surface area contributed by atoms with Crippen LogP contribution in [0.15, 0.2) is 6.20 Å². The summed E-state index contributed by atoms with van der Waals surface area (Å²) in [7, 11) is 0. The van der Waals surface area contributed by atoms with Crippen LogP contribution in [-0.2, 0) is 0 Å². The number of aromatic nitrogens is 5. The molecule has 0 aliphatic carbocycles. The quantitative estimate of drug-likeness (QED) is 0.677. The van der Waals surface area contributed by atoms with Crippen LogP contribution in [0.5, 0.6) is 0 Å². The summed E-state index contributed by atoms with van der Waals surface area (Å²) in [6.07, 6.45) is 1.54. The molecule has 3 heterocycles. The molecular weight excluding hydrogens is 339 g/mol. The lowest BCUT2D eigenvalue weighted by molar-refractivity contribution is 0.0944. The summed E-state index contributed by atoms with van der Waals surface area (Å²) in [5.74, 6) is -0.500. The summed E-state index contributed by atoms with van der Waals surface area (Å²) in [4.78, 5) is 24.9. The van der Waals surface area contributed by atoms with E-state index in [9.17, 15) is 4.79 Å². The fourth-order valence-electron chi connectivity index (χ4n) is 2.32. The number of fused-ring (bicyclic) bond motifs is 1. The zero-order valence-electron chi connectivity index (χ0n) is 12.6. The van der Waals surface area contributed by atoms with Gasteiger partial charge in [-0.2, -0.15) is 14.8 Å². The maximum Gasteiger partial charge on any atom is 0.299 e. The molecule has 3 aromatic rings. The van der Waals surface area contributed by atoms with Crippen molar-refractivity contribution in [3.63, 3.8) is 0 Å². The van der Waals surface area contributed by atoms with Gasteiger partial charge in [0.1, 0.15) is 10.8 Å². The van der Waals surface area contributed by atoms with Crippen LogP contribution in [0.2, 0.25) is 10.2 Å². The molecule has 0 atom stereocenters. The van der Waals surface area contributed by atoms with Crippen molar-refractivity contribution in [2.24, 2.45) is 0 Å². The van der Waals surface area contributed by atoms with E-state index in [0.717, 1.165) is 10.2 Å². The summed E-state index contributed by atoms with van der Waals surface area (Å²) in [5.41, 5.74) is 7.94. The van der Waals surface area contributed by atoms with Crippen molar-refractivity contribution in [3.05, 3.63) is 38.9 Å². The second-order valence-electron chi connectivity index (χ2n) is 5.10. The highest BCUT2D eigenvalue weighted by atomic mass is 35.5. The molecule has 0 fully saturated rings. The van der Waals surface area contributed by atoms with Gasteiger partial charge in [0.2, 0.25) is 5.95 Å². The van der Waals surface area contributed by atoms with Crippen molar-refractivity contribution >= 4 is 46.1 Å². The maximum atomic E-state index is 12.8. The highest BCUT2D eigenvalue weighted by Crippen LogP contribution is 2.26. The molecule has 0 radical (unpaired) electrons. The number of hydrogen-bond acceptors (Lipinski definition) is 6. The average Bonchev–Trinajstić information content (AvgIpc) is 2.81. The minimum Gasteiger partial charge on any atom is -0.368 e. The zero-order chi connectivity index (χ0) is 16.9. The highest BCUT2D eigenvalue weighted by Gasteiger charge is 2.23. The van der Waals surface area contributed by atoms with E-state index in [0.29, 0.717) is 21.7 Å². The zero-order valence-corrected chi connectivity index (χ0v) is 14.1. The number of hydrogen-bond donors (Lipinski definition) is 1. The number of carbonyl (C=O) groups is 1. The van der Waals surface area contributed by atoms with Crippen LogP contribution in [0.4, 0.5) is 5.95 Å². The van der Waals surface area contributed by atoms with E-state index in [-0.39, 0.29) is 22.4 Å². The lowest BCUT2D eigenvalue weighted by Crippen LogP contribution is -2.18. The number of pyridine rings is 1. The van der Waals surface area contributed by atoms with E-state index in [4.69, 9.17) is 28.9 Å². The Morgan fingerprint density at radius 1 is 1.22 bits per heavy atom. The third-order valence-electron chi connectivity index (χ3n) is 3.49. The lowest BCUT2D eigenvalue weighted by atomic mass is 10.1. The Bertz CT molecular complexity index is 966. The summed E-state index contributed by atoms with van der Waals surface area (Å²) in [6, 6.07) is 0. The molecule has 0 aliphatic rings. The van der Waals surface area contributed by atoms with E-state index < -0.39 is 5.91 Å². The molecule has 118 valence electrons. The van der Waals surface area contributed by atoms with Gasteiger partial charge in [-0.3, -0.25) is 9.78 Å². The molecule has 0 unspecified atom stereocenters.